The summed E-state index contributed by atoms with van der Waals surface area (Å²) < 4.78 is 0. The van der Waals surface area contributed by atoms with Crippen molar-refractivity contribution in [2.24, 2.45) is 5.73 Å². The number of nitrogens with zero attached hydrogens (tertiary/aromatic N) is 1. The number of hydrogen-bond donors (Lipinski definition) is 3. The molecule has 0 saturated heterocycles. The van der Waals surface area contributed by atoms with Crippen LogP contribution in [0.3, 0.4) is 0 Å². The van der Waals surface area contributed by atoms with Crippen molar-refractivity contribution < 1.29 is 9.59 Å². The normalized spacial score (nSPS) is 9.26. The lowest BCUT2D eigenvalue weighted by molar-refractivity contribution is -0.121. The first kappa shape index (κ1) is 23.9. The van der Waals surface area contributed by atoms with Crippen LogP contribution in [0.1, 0.15) is 42.5 Å². The fourth-order valence-electron chi connectivity index (χ4n) is 1.85. The summed E-state index contributed by atoms with van der Waals surface area (Å²) in [5.74, 6) is -0.155. The smallest absolute Gasteiger partial charge is 0.252 e. The van der Waals surface area contributed by atoms with E-state index in [-0.39, 0.29) is 36.6 Å². The Hall–Kier alpha value is -1.37. The Labute approximate surface area is 149 Å². The van der Waals surface area contributed by atoms with Gasteiger partial charge < -0.3 is 16.4 Å². The Morgan fingerprint density at radius 1 is 1.04 bits per heavy atom. The van der Waals surface area contributed by atoms with Gasteiger partial charge in [-0.3, -0.25) is 14.6 Å². The highest BCUT2D eigenvalue weighted by Gasteiger charge is 2.04. The average Bonchev–Trinajstić information content (AvgIpc) is 2.52. The molecule has 1 aromatic heterocycles. The highest BCUT2D eigenvalue weighted by Crippen LogP contribution is 2.01. The predicted molar refractivity (Wildman–Crippen MR) is 96.2 cm³/mol. The summed E-state index contributed by atoms with van der Waals surface area (Å²) in [7, 11) is 0. The van der Waals surface area contributed by atoms with Crippen molar-refractivity contribution in [3.63, 3.8) is 0 Å². The van der Waals surface area contributed by atoms with Crippen LogP contribution in [0.5, 0.6) is 0 Å². The summed E-state index contributed by atoms with van der Waals surface area (Å²) >= 11 is 0. The topological polar surface area (TPSA) is 97.1 Å². The Bertz CT molecular complexity index is 433. The van der Waals surface area contributed by atoms with E-state index in [9.17, 15) is 9.59 Å². The number of rotatable bonds is 10. The molecule has 0 unspecified atom stereocenters. The van der Waals surface area contributed by atoms with Gasteiger partial charge in [0.05, 0.1) is 5.56 Å². The lowest BCUT2D eigenvalue weighted by atomic mass is 10.1. The minimum Gasteiger partial charge on any atom is -0.354 e. The molecule has 0 aromatic carbocycles. The molecular weight excluding hydrogens is 339 g/mol. The van der Waals surface area contributed by atoms with E-state index in [1.807, 2.05) is 0 Å². The standard InChI is InChI=1S/C15H24N4O2.2ClH/c16-8-4-2-1-3-7-14(20)18-10-11-19-15(21)13-6-5-9-17-12-13;;/h5-6,9,12H,1-4,7-8,10-11,16H2,(H,18,20)(H,19,21);2*1H. The van der Waals surface area contributed by atoms with Gasteiger partial charge in [0.25, 0.3) is 5.91 Å². The fourth-order valence-corrected chi connectivity index (χ4v) is 1.85. The Kier molecular flexibility index (Phi) is 16.1. The zero-order valence-corrected chi connectivity index (χ0v) is 14.8. The number of unbranched alkanes of at least 4 members (excludes halogenated alkanes) is 3. The molecule has 8 heteroatoms. The van der Waals surface area contributed by atoms with Crippen LogP contribution in [0.2, 0.25) is 0 Å². The van der Waals surface area contributed by atoms with Crippen molar-refractivity contribution >= 4 is 36.6 Å². The van der Waals surface area contributed by atoms with Crippen LogP contribution in [0.15, 0.2) is 24.5 Å². The molecule has 1 rings (SSSR count). The number of aromatic nitrogens is 1. The first-order chi connectivity index (χ1) is 10.2. The monoisotopic (exact) mass is 364 g/mol. The van der Waals surface area contributed by atoms with Gasteiger partial charge in [0.15, 0.2) is 0 Å². The number of hydrogen-bond acceptors (Lipinski definition) is 4. The van der Waals surface area contributed by atoms with Crippen molar-refractivity contribution in [2.75, 3.05) is 19.6 Å². The molecule has 23 heavy (non-hydrogen) atoms. The van der Waals surface area contributed by atoms with Crippen LogP contribution < -0.4 is 16.4 Å². The third-order valence-corrected chi connectivity index (χ3v) is 3.01. The van der Waals surface area contributed by atoms with Crippen molar-refractivity contribution in [1.82, 2.24) is 15.6 Å². The maximum atomic E-state index is 11.7. The molecule has 0 aliphatic rings. The summed E-state index contributed by atoms with van der Waals surface area (Å²) in [5, 5.41) is 5.52. The third-order valence-electron chi connectivity index (χ3n) is 3.01. The minimum absolute atomic E-state index is 0. The Balaban J connectivity index is 0. The molecule has 2 amide bonds. The summed E-state index contributed by atoms with van der Waals surface area (Å²) in [6, 6.07) is 3.41. The van der Waals surface area contributed by atoms with Gasteiger partial charge in [-0.2, -0.15) is 0 Å². The van der Waals surface area contributed by atoms with E-state index in [1.165, 1.54) is 6.20 Å². The summed E-state index contributed by atoms with van der Waals surface area (Å²) in [5.41, 5.74) is 5.92. The molecule has 0 spiro atoms. The van der Waals surface area contributed by atoms with Gasteiger partial charge in [-0.25, -0.2) is 0 Å². The van der Waals surface area contributed by atoms with Crippen molar-refractivity contribution in [2.45, 2.75) is 32.1 Å². The zero-order valence-electron chi connectivity index (χ0n) is 13.1. The number of pyridine rings is 1. The van der Waals surface area contributed by atoms with Crippen LogP contribution in [0.25, 0.3) is 0 Å². The summed E-state index contributed by atoms with van der Waals surface area (Å²) in [4.78, 5) is 27.1. The van der Waals surface area contributed by atoms with Crippen molar-refractivity contribution in [3.05, 3.63) is 30.1 Å². The van der Waals surface area contributed by atoms with E-state index in [4.69, 9.17) is 5.73 Å². The second kappa shape index (κ2) is 15.5. The predicted octanol–water partition coefficient (Wildman–Crippen LogP) is 1.68. The van der Waals surface area contributed by atoms with E-state index in [0.717, 1.165) is 25.7 Å². The molecule has 6 nitrogen and oxygen atoms in total. The first-order valence-electron chi connectivity index (χ1n) is 7.39. The molecule has 0 radical (unpaired) electrons. The summed E-state index contributed by atoms with van der Waals surface area (Å²) in [6.45, 7) is 1.56. The van der Waals surface area contributed by atoms with Gasteiger partial charge in [0.2, 0.25) is 5.91 Å². The second-order valence-corrected chi connectivity index (χ2v) is 4.80. The number of amides is 2. The minimum atomic E-state index is -0.181. The van der Waals surface area contributed by atoms with Gasteiger partial charge in [-0.05, 0) is 31.5 Å². The molecule has 0 atom stereocenters. The van der Waals surface area contributed by atoms with Gasteiger partial charge in [-0.15, -0.1) is 24.8 Å². The zero-order chi connectivity index (χ0) is 15.3. The van der Waals surface area contributed by atoms with Crippen LogP contribution in [0, 0.1) is 0 Å². The van der Waals surface area contributed by atoms with E-state index >= 15 is 0 Å². The van der Waals surface area contributed by atoms with Crippen LogP contribution >= 0.6 is 24.8 Å². The van der Waals surface area contributed by atoms with E-state index < -0.39 is 0 Å². The maximum Gasteiger partial charge on any atom is 0.252 e. The SMILES string of the molecule is Cl.Cl.NCCCCCCC(=O)NCCNC(=O)c1cccnc1. The molecule has 0 fully saturated rings. The molecule has 132 valence electrons. The molecule has 1 aromatic rings. The van der Waals surface area contributed by atoms with Gasteiger partial charge in [0, 0.05) is 31.9 Å². The van der Waals surface area contributed by atoms with Gasteiger partial charge in [0.1, 0.15) is 0 Å². The summed E-state index contributed by atoms with van der Waals surface area (Å²) in [6.07, 6.45) is 7.66. The van der Waals surface area contributed by atoms with Crippen LogP contribution in [-0.2, 0) is 4.79 Å². The van der Waals surface area contributed by atoms with Crippen molar-refractivity contribution in [1.29, 1.82) is 0 Å². The Morgan fingerprint density at radius 2 is 1.74 bits per heavy atom. The maximum absolute atomic E-state index is 11.7. The first-order valence-corrected chi connectivity index (χ1v) is 7.39. The lowest BCUT2D eigenvalue weighted by Crippen LogP contribution is -2.34. The third kappa shape index (κ3) is 11.8. The number of nitrogens with one attached hydrogen (secondary N) is 2. The van der Waals surface area contributed by atoms with E-state index in [2.05, 4.69) is 15.6 Å². The molecular formula is C15H26Cl2N4O2. The molecule has 4 N–H and O–H groups in total. The molecule has 0 saturated carbocycles. The number of halogens is 2. The largest absolute Gasteiger partial charge is 0.354 e. The van der Waals surface area contributed by atoms with E-state index in [0.29, 0.717) is 31.6 Å². The van der Waals surface area contributed by atoms with Crippen molar-refractivity contribution in [3.8, 4) is 0 Å². The molecule has 0 bridgehead atoms. The molecule has 0 aliphatic carbocycles. The van der Waals surface area contributed by atoms with Crippen LogP contribution in [0.4, 0.5) is 0 Å². The highest BCUT2D eigenvalue weighted by atomic mass is 35.5. The second-order valence-electron chi connectivity index (χ2n) is 4.80. The fraction of sp³-hybridized carbons (Fsp3) is 0.533. The lowest BCUT2D eigenvalue weighted by Gasteiger charge is -2.07. The Morgan fingerprint density at radius 3 is 2.39 bits per heavy atom. The molecule has 1 heterocycles. The number of nitrogens with two attached hydrogens (primary N) is 1. The average molecular weight is 365 g/mol. The van der Waals surface area contributed by atoms with E-state index in [1.54, 1.807) is 18.3 Å². The van der Waals surface area contributed by atoms with Crippen LogP contribution in [-0.4, -0.2) is 36.4 Å². The highest BCUT2D eigenvalue weighted by molar-refractivity contribution is 5.93. The number of carbonyl (C=O) groups excluding carboxylic acids is 2. The molecule has 0 aliphatic heterocycles. The quantitative estimate of drug-likeness (QED) is 0.550. The number of carbonyl (C=O) groups is 2. The van der Waals surface area contributed by atoms with Gasteiger partial charge in [-0.1, -0.05) is 12.8 Å². The van der Waals surface area contributed by atoms with Gasteiger partial charge >= 0.3 is 0 Å².